The van der Waals surface area contributed by atoms with E-state index in [-0.39, 0.29) is 5.75 Å². The van der Waals surface area contributed by atoms with Crippen LogP contribution in [0.1, 0.15) is 5.56 Å². The van der Waals surface area contributed by atoms with Gasteiger partial charge in [0, 0.05) is 4.90 Å². The molecule has 0 spiro atoms. The average molecular weight is 189 g/mol. The first-order chi connectivity index (χ1) is 5.16. The number of phenolic OH excluding ortho intramolecular Hbond substituents is 1. The lowest BCUT2D eigenvalue weighted by Gasteiger charge is -2.05. The topological polar surface area (TPSA) is 20.2 Å². The summed E-state index contributed by atoms with van der Waals surface area (Å²) in [5, 5.41) is 9.63. The summed E-state index contributed by atoms with van der Waals surface area (Å²) in [6.45, 7) is 1.90. The van der Waals surface area contributed by atoms with Crippen molar-refractivity contribution in [2.45, 2.75) is 11.8 Å². The van der Waals surface area contributed by atoms with E-state index in [1.54, 1.807) is 17.8 Å². The van der Waals surface area contributed by atoms with Gasteiger partial charge in [-0.1, -0.05) is 11.6 Å². The average Bonchev–Trinajstić information content (AvgIpc) is 2.01. The Morgan fingerprint density at radius 1 is 1.45 bits per heavy atom. The minimum absolute atomic E-state index is 0.155. The van der Waals surface area contributed by atoms with E-state index in [1.165, 1.54) is 0 Å². The summed E-state index contributed by atoms with van der Waals surface area (Å²) in [4.78, 5) is 1.10. The Morgan fingerprint density at radius 2 is 2.09 bits per heavy atom. The molecule has 11 heavy (non-hydrogen) atoms. The summed E-state index contributed by atoms with van der Waals surface area (Å²) in [7, 11) is 0. The van der Waals surface area contributed by atoms with Crippen molar-refractivity contribution in [3.05, 3.63) is 22.7 Å². The monoisotopic (exact) mass is 188 g/mol. The highest BCUT2D eigenvalue weighted by atomic mass is 35.5. The summed E-state index contributed by atoms with van der Waals surface area (Å²) in [5.41, 5.74) is 0.944. The second-order valence-electron chi connectivity index (χ2n) is 2.23. The number of hydrogen-bond donors (Lipinski definition) is 1. The molecule has 0 saturated carbocycles. The molecular weight excluding hydrogens is 180 g/mol. The second-order valence-corrected chi connectivity index (χ2v) is 3.45. The molecular formula is C8H9ClOS. The predicted octanol–water partition coefficient (Wildman–Crippen LogP) is 3.08. The van der Waals surface area contributed by atoms with E-state index < -0.39 is 0 Å². The maximum absolute atomic E-state index is 9.18. The van der Waals surface area contributed by atoms with Gasteiger partial charge >= 0.3 is 0 Å². The first-order valence-corrected chi connectivity index (χ1v) is 4.79. The molecule has 0 saturated heterocycles. The molecule has 0 bridgehead atoms. The summed E-state index contributed by atoms with van der Waals surface area (Å²) in [6, 6.07) is 3.47. The van der Waals surface area contributed by atoms with Gasteiger partial charge in [-0.3, -0.25) is 0 Å². The van der Waals surface area contributed by atoms with Crippen molar-refractivity contribution in [1.82, 2.24) is 0 Å². The predicted molar refractivity (Wildman–Crippen MR) is 49.6 cm³/mol. The third-order valence-electron chi connectivity index (χ3n) is 1.54. The van der Waals surface area contributed by atoms with Crippen molar-refractivity contribution in [3.63, 3.8) is 0 Å². The molecule has 1 rings (SSSR count). The van der Waals surface area contributed by atoms with Crippen LogP contribution in [0, 0.1) is 6.92 Å². The molecule has 0 heterocycles. The molecule has 1 aromatic carbocycles. The Morgan fingerprint density at radius 3 is 2.64 bits per heavy atom. The number of thioether (sulfide) groups is 1. The molecule has 0 fully saturated rings. The lowest BCUT2D eigenvalue weighted by molar-refractivity contribution is 0.474. The van der Waals surface area contributed by atoms with Crippen molar-refractivity contribution in [2.75, 3.05) is 6.26 Å². The molecule has 0 aliphatic rings. The fraction of sp³-hybridized carbons (Fsp3) is 0.250. The van der Waals surface area contributed by atoms with E-state index in [0.29, 0.717) is 5.02 Å². The zero-order chi connectivity index (χ0) is 8.43. The molecule has 0 amide bonds. The molecule has 0 unspecified atom stereocenters. The zero-order valence-corrected chi connectivity index (χ0v) is 7.96. The van der Waals surface area contributed by atoms with Crippen LogP contribution < -0.4 is 0 Å². The first kappa shape index (κ1) is 8.75. The quantitative estimate of drug-likeness (QED) is 0.684. The Kier molecular flexibility index (Phi) is 2.68. The number of rotatable bonds is 1. The van der Waals surface area contributed by atoms with Crippen LogP contribution in [0.25, 0.3) is 0 Å². The molecule has 1 N–H and O–H groups in total. The SMILES string of the molecule is CSc1ccc(O)c(Cl)c1C. The van der Waals surface area contributed by atoms with Crippen LogP contribution in [0.2, 0.25) is 5.02 Å². The number of aromatic hydroxyl groups is 1. The van der Waals surface area contributed by atoms with E-state index in [0.717, 1.165) is 10.5 Å². The normalized spacial score (nSPS) is 10.1. The minimum atomic E-state index is 0.155. The molecule has 1 aromatic rings. The van der Waals surface area contributed by atoms with Crippen molar-refractivity contribution < 1.29 is 5.11 Å². The van der Waals surface area contributed by atoms with Crippen LogP contribution in [0.3, 0.4) is 0 Å². The van der Waals surface area contributed by atoms with Crippen molar-refractivity contribution >= 4 is 23.4 Å². The van der Waals surface area contributed by atoms with E-state index in [9.17, 15) is 5.11 Å². The number of halogens is 1. The Hall–Kier alpha value is -0.340. The van der Waals surface area contributed by atoms with Gasteiger partial charge in [-0.05, 0) is 30.9 Å². The Bertz CT molecular complexity index is 273. The highest BCUT2D eigenvalue weighted by Crippen LogP contribution is 2.32. The van der Waals surface area contributed by atoms with Crippen molar-refractivity contribution in [3.8, 4) is 5.75 Å². The zero-order valence-electron chi connectivity index (χ0n) is 6.39. The van der Waals surface area contributed by atoms with Gasteiger partial charge in [0.15, 0.2) is 0 Å². The number of hydrogen-bond acceptors (Lipinski definition) is 2. The van der Waals surface area contributed by atoms with Crippen LogP contribution >= 0.6 is 23.4 Å². The van der Waals surface area contributed by atoms with Gasteiger partial charge in [0.25, 0.3) is 0 Å². The molecule has 60 valence electrons. The van der Waals surface area contributed by atoms with E-state index in [4.69, 9.17) is 11.6 Å². The van der Waals surface area contributed by atoms with Gasteiger partial charge in [0.2, 0.25) is 0 Å². The third-order valence-corrected chi connectivity index (χ3v) is 2.90. The molecule has 0 aromatic heterocycles. The second kappa shape index (κ2) is 3.37. The standard InChI is InChI=1S/C8H9ClOS/c1-5-7(11-2)4-3-6(10)8(5)9/h3-4,10H,1-2H3. The smallest absolute Gasteiger partial charge is 0.134 e. The summed E-state index contributed by atoms with van der Waals surface area (Å²) in [6.07, 6.45) is 1.98. The number of benzene rings is 1. The van der Waals surface area contributed by atoms with Gasteiger partial charge in [-0.15, -0.1) is 11.8 Å². The van der Waals surface area contributed by atoms with Gasteiger partial charge in [-0.2, -0.15) is 0 Å². The molecule has 3 heteroatoms. The molecule has 0 radical (unpaired) electrons. The number of phenols is 1. The van der Waals surface area contributed by atoms with Crippen molar-refractivity contribution in [1.29, 1.82) is 0 Å². The third kappa shape index (κ3) is 1.63. The lowest BCUT2D eigenvalue weighted by atomic mass is 10.2. The van der Waals surface area contributed by atoms with Crippen LogP contribution in [-0.4, -0.2) is 11.4 Å². The Labute approximate surface area is 75.4 Å². The largest absolute Gasteiger partial charge is 0.506 e. The summed E-state index contributed by atoms with van der Waals surface area (Å²) >= 11 is 7.42. The van der Waals surface area contributed by atoms with Crippen molar-refractivity contribution in [2.24, 2.45) is 0 Å². The van der Waals surface area contributed by atoms with Crippen LogP contribution in [0.5, 0.6) is 5.75 Å². The highest BCUT2D eigenvalue weighted by molar-refractivity contribution is 7.98. The molecule has 0 atom stereocenters. The Balaban J connectivity index is 3.25. The van der Waals surface area contributed by atoms with Crippen LogP contribution in [0.4, 0.5) is 0 Å². The van der Waals surface area contributed by atoms with E-state index in [2.05, 4.69) is 0 Å². The first-order valence-electron chi connectivity index (χ1n) is 3.19. The van der Waals surface area contributed by atoms with Gasteiger partial charge in [0.1, 0.15) is 5.75 Å². The fourth-order valence-corrected chi connectivity index (χ4v) is 1.71. The summed E-state index contributed by atoms with van der Waals surface area (Å²) < 4.78 is 0. The molecule has 0 aliphatic heterocycles. The van der Waals surface area contributed by atoms with Gasteiger partial charge in [-0.25, -0.2) is 0 Å². The minimum Gasteiger partial charge on any atom is -0.506 e. The maximum Gasteiger partial charge on any atom is 0.134 e. The van der Waals surface area contributed by atoms with Gasteiger partial charge < -0.3 is 5.11 Å². The fourth-order valence-electron chi connectivity index (χ4n) is 0.874. The van der Waals surface area contributed by atoms with E-state index >= 15 is 0 Å². The maximum atomic E-state index is 9.18. The van der Waals surface area contributed by atoms with Crippen LogP contribution in [-0.2, 0) is 0 Å². The van der Waals surface area contributed by atoms with E-state index in [1.807, 2.05) is 19.2 Å². The van der Waals surface area contributed by atoms with Gasteiger partial charge in [0.05, 0.1) is 5.02 Å². The lowest BCUT2D eigenvalue weighted by Crippen LogP contribution is -1.80. The van der Waals surface area contributed by atoms with Crippen LogP contribution in [0.15, 0.2) is 17.0 Å². The molecule has 0 aliphatic carbocycles. The summed E-state index contributed by atoms with van der Waals surface area (Å²) in [5.74, 6) is 0.155. The highest BCUT2D eigenvalue weighted by Gasteiger charge is 2.05. The molecule has 1 nitrogen and oxygen atoms in total.